The first-order valence-corrected chi connectivity index (χ1v) is 11.2. The molecule has 0 bridgehead atoms. The van der Waals surface area contributed by atoms with Crippen molar-refractivity contribution in [2.24, 2.45) is 0 Å². The lowest BCUT2D eigenvalue weighted by Crippen LogP contribution is -2.41. The zero-order valence-electron chi connectivity index (χ0n) is 17.1. The van der Waals surface area contributed by atoms with Crippen LogP contribution in [0.25, 0.3) is 6.08 Å². The number of sulfonamides is 1. The number of ether oxygens (including phenoxy) is 1. The molecule has 1 aliphatic heterocycles. The molecule has 1 unspecified atom stereocenters. The normalized spacial score (nSPS) is 13.9. The van der Waals surface area contributed by atoms with Crippen molar-refractivity contribution in [3.05, 3.63) is 65.9 Å². The summed E-state index contributed by atoms with van der Waals surface area (Å²) in [5.74, 6) is 0.272. The van der Waals surface area contributed by atoms with E-state index in [-0.39, 0.29) is 17.9 Å². The number of nitrogens with zero attached hydrogens (tertiary/aromatic N) is 2. The average Bonchev–Trinajstić information content (AvgIpc) is 3.03. The highest BCUT2D eigenvalue weighted by Crippen LogP contribution is 2.19. The Bertz CT molecular complexity index is 1060. The Labute approximate surface area is 176 Å². The van der Waals surface area contributed by atoms with Gasteiger partial charge in [-0.1, -0.05) is 18.2 Å². The van der Waals surface area contributed by atoms with Crippen molar-refractivity contribution in [1.82, 2.24) is 19.6 Å². The number of imidazole rings is 1. The molecule has 0 amide bonds. The van der Waals surface area contributed by atoms with E-state index < -0.39 is 22.0 Å². The van der Waals surface area contributed by atoms with E-state index in [1.807, 2.05) is 19.2 Å². The molecule has 0 saturated heterocycles. The van der Waals surface area contributed by atoms with Crippen molar-refractivity contribution >= 4 is 22.1 Å². The third kappa shape index (κ3) is 4.80. The van der Waals surface area contributed by atoms with E-state index >= 15 is 0 Å². The minimum Gasteiger partial charge on any atom is -0.465 e. The number of carbonyl (C=O) groups excluding carboxylic acids is 1. The minimum atomic E-state index is -3.88. The van der Waals surface area contributed by atoms with E-state index in [1.54, 1.807) is 19.1 Å². The minimum absolute atomic E-state index is 0.0816. The molecule has 160 valence electrons. The maximum absolute atomic E-state index is 12.7. The first-order valence-electron chi connectivity index (χ1n) is 9.70. The molecule has 2 aromatic rings. The Kier molecular flexibility index (Phi) is 6.73. The lowest BCUT2D eigenvalue weighted by molar-refractivity contribution is -0.145. The highest BCUT2D eigenvalue weighted by molar-refractivity contribution is 7.89. The molecule has 0 radical (unpaired) electrons. The van der Waals surface area contributed by atoms with Gasteiger partial charge in [-0.2, -0.15) is 4.72 Å². The van der Waals surface area contributed by atoms with Gasteiger partial charge in [-0.15, -0.1) is 6.58 Å². The molecular formula is C21H26N4O4S. The van der Waals surface area contributed by atoms with E-state index in [0.29, 0.717) is 13.1 Å². The van der Waals surface area contributed by atoms with Crippen LogP contribution in [0.4, 0.5) is 0 Å². The second kappa shape index (κ2) is 9.27. The number of carbonyl (C=O) groups is 1. The van der Waals surface area contributed by atoms with Crippen LogP contribution in [0.1, 0.15) is 36.1 Å². The van der Waals surface area contributed by atoms with Gasteiger partial charge < -0.3 is 14.6 Å². The monoisotopic (exact) mass is 430 g/mol. The predicted molar refractivity (Wildman–Crippen MR) is 114 cm³/mol. The van der Waals surface area contributed by atoms with Crippen molar-refractivity contribution in [3.8, 4) is 0 Å². The summed E-state index contributed by atoms with van der Waals surface area (Å²) in [6.45, 7) is 8.63. The quantitative estimate of drug-likeness (QED) is 0.467. The molecule has 9 heteroatoms. The maximum atomic E-state index is 12.7. The van der Waals surface area contributed by atoms with Crippen LogP contribution in [-0.4, -0.2) is 36.6 Å². The van der Waals surface area contributed by atoms with Crippen LogP contribution in [0.5, 0.6) is 0 Å². The van der Waals surface area contributed by atoms with Gasteiger partial charge in [-0.05, 0) is 50.2 Å². The fourth-order valence-electron chi connectivity index (χ4n) is 3.27. The van der Waals surface area contributed by atoms with Crippen LogP contribution in [0.2, 0.25) is 0 Å². The largest absolute Gasteiger partial charge is 0.465 e. The highest BCUT2D eigenvalue weighted by atomic mass is 32.2. The molecule has 2 N–H and O–H groups in total. The summed E-state index contributed by atoms with van der Waals surface area (Å²) in [5.41, 5.74) is 2.98. The van der Waals surface area contributed by atoms with E-state index in [0.717, 1.165) is 22.8 Å². The summed E-state index contributed by atoms with van der Waals surface area (Å²) < 4.78 is 34.9. The second-order valence-electron chi connectivity index (χ2n) is 6.89. The van der Waals surface area contributed by atoms with Gasteiger partial charge >= 0.3 is 5.97 Å². The van der Waals surface area contributed by atoms with Gasteiger partial charge in [0.2, 0.25) is 10.0 Å². The number of esters is 1. The van der Waals surface area contributed by atoms with Crippen LogP contribution < -0.4 is 10.0 Å². The molecule has 2 heterocycles. The second-order valence-corrected chi connectivity index (χ2v) is 8.60. The summed E-state index contributed by atoms with van der Waals surface area (Å²) in [7, 11) is -3.88. The highest BCUT2D eigenvalue weighted by Gasteiger charge is 2.26. The van der Waals surface area contributed by atoms with Gasteiger partial charge in [0.1, 0.15) is 11.9 Å². The zero-order valence-corrected chi connectivity index (χ0v) is 17.9. The molecule has 1 aromatic heterocycles. The number of rotatable bonds is 9. The SMILES string of the molecule is C=CCC(NS(=O)(=O)c1ccc(Cn2c(C)nc3c2C=CNC3)cc1)C(=O)OCC. The van der Waals surface area contributed by atoms with Crippen molar-refractivity contribution in [3.63, 3.8) is 0 Å². The summed E-state index contributed by atoms with van der Waals surface area (Å²) in [5, 5.41) is 3.14. The van der Waals surface area contributed by atoms with Crippen molar-refractivity contribution < 1.29 is 17.9 Å². The molecule has 8 nitrogen and oxygen atoms in total. The summed E-state index contributed by atoms with van der Waals surface area (Å²) in [6, 6.07) is 5.58. The van der Waals surface area contributed by atoms with Gasteiger partial charge in [-0.3, -0.25) is 4.79 Å². The number of benzene rings is 1. The van der Waals surface area contributed by atoms with E-state index in [2.05, 4.69) is 26.2 Å². The zero-order chi connectivity index (χ0) is 21.7. The third-order valence-electron chi connectivity index (χ3n) is 4.75. The topological polar surface area (TPSA) is 102 Å². The fraction of sp³-hybridized carbons (Fsp3) is 0.333. The van der Waals surface area contributed by atoms with Crippen LogP contribution in [0.15, 0.2) is 48.0 Å². The van der Waals surface area contributed by atoms with Gasteiger partial charge in [0.25, 0.3) is 0 Å². The predicted octanol–water partition coefficient (Wildman–Crippen LogP) is 2.10. The Morgan fingerprint density at radius 1 is 1.40 bits per heavy atom. The molecule has 0 aliphatic carbocycles. The third-order valence-corrected chi connectivity index (χ3v) is 6.24. The molecular weight excluding hydrogens is 404 g/mol. The lowest BCUT2D eigenvalue weighted by Gasteiger charge is -2.16. The van der Waals surface area contributed by atoms with E-state index in [4.69, 9.17) is 4.74 Å². The van der Waals surface area contributed by atoms with Crippen LogP contribution in [-0.2, 0) is 32.6 Å². The molecule has 0 saturated carbocycles. The van der Waals surface area contributed by atoms with Gasteiger partial charge in [-0.25, -0.2) is 13.4 Å². The Morgan fingerprint density at radius 2 is 2.13 bits per heavy atom. The van der Waals surface area contributed by atoms with Gasteiger partial charge in [0.05, 0.1) is 29.4 Å². The van der Waals surface area contributed by atoms with Crippen molar-refractivity contribution in [2.75, 3.05) is 6.61 Å². The van der Waals surface area contributed by atoms with Crippen molar-refractivity contribution in [2.45, 2.75) is 44.3 Å². The lowest BCUT2D eigenvalue weighted by atomic mass is 10.2. The smallest absolute Gasteiger partial charge is 0.324 e. The average molecular weight is 431 g/mol. The van der Waals surface area contributed by atoms with E-state index in [9.17, 15) is 13.2 Å². The van der Waals surface area contributed by atoms with E-state index in [1.165, 1.54) is 18.2 Å². The standard InChI is InChI=1S/C21H26N4O4S/c1-4-6-18(21(26)29-5-2)24-30(27,28)17-9-7-16(8-10-17)14-25-15(3)23-19-13-22-12-11-20(19)25/h4,7-12,18,22,24H,1,5-6,13-14H2,2-3H3. The van der Waals surface area contributed by atoms with Crippen LogP contribution in [0.3, 0.4) is 0 Å². The molecule has 30 heavy (non-hydrogen) atoms. The van der Waals surface area contributed by atoms with Crippen molar-refractivity contribution in [1.29, 1.82) is 0 Å². The Hall–Kier alpha value is -2.91. The summed E-state index contributed by atoms with van der Waals surface area (Å²) >= 11 is 0. The number of aromatic nitrogens is 2. The first kappa shape index (κ1) is 21.8. The number of aryl methyl sites for hydroxylation is 1. The summed E-state index contributed by atoms with van der Waals surface area (Å²) in [6.07, 6.45) is 5.50. The maximum Gasteiger partial charge on any atom is 0.324 e. The first-order chi connectivity index (χ1) is 14.4. The molecule has 1 atom stereocenters. The number of nitrogens with one attached hydrogen (secondary N) is 2. The van der Waals surface area contributed by atoms with Crippen LogP contribution in [0, 0.1) is 6.92 Å². The number of fused-ring (bicyclic) bond motifs is 1. The molecule has 0 spiro atoms. The Balaban J connectivity index is 1.76. The number of hydrogen-bond acceptors (Lipinski definition) is 6. The van der Waals surface area contributed by atoms with Crippen LogP contribution >= 0.6 is 0 Å². The molecule has 3 rings (SSSR count). The molecule has 0 fully saturated rings. The van der Waals surface area contributed by atoms with Gasteiger partial charge in [0, 0.05) is 6.54 Å². The summed E-state index contributed by atoms with van der Waals surface area (Å²) in [4.78, 5) is 16.7. The molecule has 1 aromatic carbocycles. The number of hydrogen-bond donors (Lipinski definition) is 2. The fourth-order valence-corrected chi connectivity index (χ4v) is 4.46. The van der Waals surface area contributed by atoms with Gasteiger partial charge in [0.15, 0.2) is 0 Å². The Morgan fingerprint density at radius 3 is 2.80 bits per heavy atom. The molecule has 1 aliphatic rings.